The number of aryl methyl sites for hydroxylation is 2. The van der Waals surface area contributed by atoms with Gasteiger partial charge in [0.1, 0.15) is 0 Å². The third-order valence-corrected chi connectivity index (χ3v) is 5.19. The van der Waals surface area contributed by atoms with E-state index < -0.39 is 0 Å². The zero-order valence-electron chi connectivity index (χ0n) is 11.0. The van der Waals surface area contributed by atoms with Gasteiger partial charge in [-0.2, -0.15) is 0 Å². The van der Waals surface area contributed by atoms with Crippen LogP contribution in [0.2, 0.25) is 0 Å². The van der Waals surface area contributed by atoms with E-state index in [1.54, 1.807) is 11.3 Å². The SMILES string of the molecule is CCc1cccc(C)c1NC(C)c1sccc1Br. The predicted octanol–water partition coefficient (Wildman–Crippen LogP) is 5.55. The zero-order chi connectivity index (χ0) is 13.1. The number of para-hydroxylation sites is 1. The topological polar surface area (TPSA) is 12.0 Å². The maximum absolute atomic E-state index is 3.65. The molecule has 0 saturated heterocycles. The maximum atomic E-state index is 3.65. The van der Waals surface area contributed by atoms with E-state index in [0.717, 1.165) is 6.42 Å². The molecule has 0 aliphatic heterocycles. The fraction of sp³-hybridized carbons (Fsp3) is 0.333. The Morgan fingerprint density at radius 3 is 2.72 bits per heavy atom. The first-order valence-corrected chi connectivity index (χ1v) is 7.88. The first-order valence-electron chi connectivity index (χ1n) is 6.21. The molecule has 1 atom stereocenters. The molecule has 0 radical (unpaired) electrons. The Kier molecular flexibility index (Phi) is 4.46. The summed E-state index contributed by atoms with van der Waals surface area (Å²) in [5, 5.41) is 5.77. The lowest BCUT2D eigenvalue weighted by molar-refractivity contribution is 0.894. The van der Waals surface area contributed by atoms with Crippen LogP contribution in [-0.4, -0.2) is 0 Å². The second-order valence-electron chi connectivity index (χ2n) is 4.46. The van der Waals surface area contributed by atoms with Gasteiger partial charge in [-0.3, -0.25) is 0 Å². The number of hydrogen-bond donors (Lipinski definition) is 1. The molecule has 0 aliphatic carbocycles. The van der Waals surface area contributed by atoms with Crippen molar-refractivity contribution in [2.24, 2.45) is 0 Å². The number of rotatable bonds is 4. The van der Waals surface area contributed by atoms with Gasteiger partial charge in [-0.05, 0) is 58.8 Å². The number of thiophene rings is 1. The van der Waals surface area contributed by atoms with Crippen LogP contribution in [0.1, 0.15) is 35.9 Å². The van der Waals surface area contributed by atoms with E-state index in [0.29, 0.717) is 6.04 Å². The lowest BCUT2D eigenvalue weighted by Gasteiger charge is -2.19. The second-order valence-corrected chi connectivity index (χ2v) is 6.26. The van der Waals surface area contributed by atoms with Crippen LogP contribution in [0.25, 0.3) is 0 Å². The van der Waals surface area contributed by atoms with Gasteiger partial charge in [-0.15, -0.1) is 11.3 Å². The molecule has 96 valence electrons. The Labute approximate surface area is 121 Å². The average molecular weight is 324 g/mol. The summed E-state index contributed by atoms with van der Waals surface area (Å²) in [6, 6.07) is 8.93. The van der Waals surface area contributed by atoms with Gasteiger partial charge >= 0.3 is 0 Å². The van der Waals surface area contributed by atoms with E-state index >= 15 is 0 Å². The van der Waals surface area contributed by atoms with Crippen molar-refractivity contribution in [1.82, 2.24) is 0 Å². The van der Waals surface area contributed by atoms with Crippen molar-refractivity contribution in [3.8, 4) is 0 Å². The number of halogens is 1. The molecule has 0 amide bonds. The van der Waals surface area contributed by atoms with Crippen LogP contribution in [0.15, 0.2) is 34.1 Å². The monoisotopic (exact) mass is 323 g/mol. The third kappa shape index (κ3) is 2.78. The van der Waals surface area contributed by atoms with Gasteiger partial charge in [-0.25, -0.2) is 0 Å². The summed E-state index contributed by atoms with van der Waals surface area (Å²) in [6.07, 6.45) is 1.06. The summed E-state index contributed by atoms with van der Waals surface area (Å²) in [4.78, 5) is 1.35. The van der Waals surface area contributed by atoms with Crippen LogP contribution >= 0.6 is 27.3 Å². The molecule has 2 aromatic rings. The van der Waals surface area contributed by atoms with E-state index in [4.69, 9.17) is 0 Å². The van der Waals surface area contributed by atoms with Crippen molar-refractivity contribution < 1.29 is 0 Å². The molecular formula is C15H18BrNS. The van der Waals surface area contributed by atoms with Crippen LogP contribution < -0.4 is 5.32 Å². The molecule has 1 N–H and O–H groups in total. The summed E-state index contributed by atoms with van der Waals surface area (Å²) in [7, 11) is 0. The van der Waals surface area contributed by atoms with Gasteiger partial charge in [-0.1, -0.05) is 25.1 Å². The molecule has 0 bridgehead atoms. The summed E-state index contributed by atoms with van der Waals surface area (Å²) < 4.78 is 1.19. The van der Waals surface area contributed by atoms with Gasteiger partial charge < -0.3 is 5.32 Å². The highest BCUT2D eigenvalue weighted by molar-refractivity contribution is 9.10. The summed E-state index contributed by atoms with van der Waals surface area (Å²) in [5.74, 6) is 0. The number of hydrogen-bond acceptors (Lipinski definition) is 2. The minimum atomic E-state index is 0.325. The molecule has 0 saturated carbocycles. The van der Waals surface area contributed by atoms with Gasteiger partial charge in [0.05, 0.1) is 6.04 Å². The molecule has 18 heavy (non-hydrogen) atoms. The van der Waals surface area contributed by atoms with Crippen LogP contribution in [0, 0.1) is 6.92 Å². The highest BCUT2D eigenvalue weighted by Crippen LogP contribution is 2.33. The van der Waals surface area contributed by atoms with Gasteiger partial charge in [0, 0.05) is 15.0 Å². The fourth-order valence-corrected chi connectivity index (χ4v) is 3.85. The molecule has 0 spiro atoms. The Hall–Kier alpha value is -0.800. The zero-order valence-corrected chi connectivity index (χ0v) is 13.4. The average Bonchev–Trinajstić information content (AvgIpc) is 2.78. The van der Waals surface area contributed by atoms with Crippen molar-refractivity contribution in [2.45, 2.75) is 33.2 Å². The Balaban J connectivity index is 2.27. The van der Waals surface area contributed by atoms with Crippen molar-refractivity contribution in [3.63, 3.8) is 0 Å². The highest BCUT2D eigenvalue weighted by atomic mass is 79.9. The fourth-order valence-electron chi connectivity index (χ4n) is 2.13. The molecule has 1 aromatic carbocycles. The molecular weight excluding hydrogens is 306 g/mol. The van der Waals surface area contributed by atoms with Crippen molar-refractivity contribution in [1.29, 1.82) is 0 Å². The van der Waals surface area contributed by atoms with E-state index in [1.807, 2.05) is 0 Å². The first kappa shape index (κ1) is 13.6. The standard InChI is InChI=1S/C15H18BrNS/c1-4-12-7-5-6-10(2)14(12)17-11(3)15-13(16)8-9-18-15/h5-9,11,17H,4H2,1-3H3. The molecule has 1 unspecified atom stereocenters. The van der Waals surface area contributed by atoms with Crippen LogP contribution in [0.3, 0.4) is 0 Å². The number of benzene rings is 1. The lowest BCUT2D eigenvalue weighted by Crippen LogP contribution is -2.08. The Bertz CT molecular complexity index is 533. The maximum Gasteiger partial charge on any atom is 0.0590 e. The summed E-state index contributed by atoms with van der Waals surface area (Å²) >= 11 is 5.39. The highest BCUT2D eigenvalue weighted by Gasteiger charge is 2.13. The molecule has 1 nitrogen and oxygen atoms in total. The molecule has 1 aromatic heterocycles. The largest absolute Gasteiger partial charge is 0.377 e. The lowest BCUT2D eigenvalue weighted by atomic mass is 10.0. The normalized spacial score (nSPS) is 12.4. The van der Waals surface area contributed by atoms with Crippen molar-refractivity contribution in [2.75, 3.05) is 5.32 Å². The summed E-state index contributed by atoms with van der Waals surface area (Å²) in [5.41, 5.74) is 3.98. The van der Waals surface area contributed by atoms with Gasteiger partial charge in [0.15, 0.2) is 0 Å². The van der Waals surface area contributed by atoms with Crippen LogP contribution in [-0.2, 0) is 6.42 Å². The minimum Gasteiger partial charge on any atom is -0.377 e. The van der Waals surface area contributed by atoms with Crippen LogP contribution in [0.5, 0.6) is 0 Å². The predicted molar refractivity (Wildman–Crippen MR) is 84.6 cm³/mol. The van der Waals surface area contributed by atoms with E-state index in [1.165, 1.54) is 26.2 Å². The van der Waals surface area contributed by atoms with E-state index in [-0.39, 0.29) is 0 Å². The third-order valence-electron chi connectivity index (χ3n) is 3.14. The van der Waals surface area contributed by atoms with Crippen molar-refractivity contribution in [3.05, 3.63) is 50.1 Å². The molecule has 0 aliphatic rings. The van der Waals surface area contributed by atoms with Crippen LogP contribution in [0.4, 0.5) is 5.69 Å². The number of nitrogens with one attached hydrogen (secondary N) is 1. The minimum absolute atomic E-state index is 0.325. The van der Waals surface area contributed by atoms with Gasteiger partial charge in [0.25, 0.3) is 0 Å². The van der Waals surface area contributed by atoms with E-state index in [2.05, 4.69) is 71.7 Å². The Morgan fingerprint density at radius 1 is 1.33 bits per heavy atom. The smallest absolute Gasteiger partial charge is 0.0590 e. The summed E-state index contributed by atoms with van der Waals surface area (Å²) in [6.45, 7) is 6.58. The van der Waals surface area contributed by atoms with Crippen molar-refractivity contribution >= 4 is 33.0 Å². The molecule has 3 heteroatoms. The molecule has 2 rings (SSSR count). The van der Waals surface area contributed by atoms with Gasteiger partial charge in [0.2, 0.25) is 0 Å². The number of anilines is 1. The molecule has 0 fully saturated rings. The Morgan fingerprint density at radius 2 is 2.11 bits per heavy atom. The first-order chi connectivity index (χ1) is 8.63. The van der Waals surface area contributed by atoms with E-state index in [9.17, 15) is 0 Å². The quantitative estimate of drug-likeness (QED) is 0.777. The second kappa shape index (κ2) is 5.89. The molecule has 1 heterocycles.